The third-order valence-electron chi connectivity index (χ3n) is 3.35. The molecule has 2 N–H and O–H groups in total. The number of nitrogens with one attached hydrogen (secondary N) is 2. The number of carbonyl (C=O) groups excluding carboxylic acids is 2. The molecule has 0 aliphatic rings. The molecule has 0 saturated heterocycles. The Morgan fingerprint density at radius 1 is 1.22 bits per heavy atom. The maximum atomic E-state index is 13.9. The standard InChI is InChI=1S/C16H12BrClF3N3O3/c1-27-14(26)15(16(19,20)21,23-12-6-5-10(17)8-22-12)24-13(25)9-3-2-4-11(18)7-9/h2-8H,1H3,(H,22,23)(H,24,25). The highest BCUT2D eigenvalue weighted by Gasteiger charge is 2.63. The first kappa shape index (κ1) is 21.0. The summed E-state index contributed by atoms with van der Waals surface area (Å²) >= 11 is 8.86. The molecular formula is C16H12BrClF3N3O3. The summed E-state index contributed by atoms with van der Waals surface area (Å²) in [4.78, 5) is 28.2. The molecule has 1 unspecified atom stereocenters. The highest BCUT2D eigenvalue weighted by atomic mass is 79.9. The van der Waals surface area contributed by atoms with Gasteiger partial charge in [-0.25, -0.2) is 9.78 Å². The zero-order valence-electron chi connectivity index (χ0n) is 13.6. The summed E-state index contributed by atoms with van der Waals surface area (Å²) in [5.74, 6) is -3.27. The van der Waals surface area contributed by atoms with Crippen LogP contribution in [0.4, 0.5) is 19.0 Å². The molecule has 1 amide bonds. The number of hydrogen-bond donors (Lipinski definition) is 2. The van der Waals surface area contributed by atoms with Crippen LogP contribution in [0.15, 0.2) is 47.1 Å². The van der Waals surface area contributed by atoms with Gasteiger partial charge < -0.3 is 15.4 Å². The molecule has 0 fully saturated rings. The van der Waals surface area contributed by atoms with Crippen LogP contribution in [0.3, 0.4) is 0 Å². The molecule has 0 aliphatic carbocycles. The van der Waals surface area contributed by atoms with Gasteiger partial charge in [-0.2, -0.15) is 13.2 Å². The average molecular weight is 467 g/mol. The van der Waals surface area contributed by atoms with Gasteiger partial charge in [-0.05, 0) is 46.3 Å². The summed E-state index contributed by atoms with van der Waals surface area (Å²) in [6.07, 6.45) is -4.04. The van der Waals surface area contributed by atoms with E-state index < -0.39 is 23.7 Å². The lowest BCUT2D eigenvalue weighted by atomic mass is 10.1. The van der Waals surface area contributed by atoms with Crippen molar-refractivity contribution in [2.45, 2.75) is 11.8 Å². The zero-order chi connectivity index (χ0) is 20.2. The van der Waals surface area contributed by atoms with E-state index in [2.05, 4.69) is 25.7 Å². The molecule has 0 spiro atoms. The molecule has 27 heavy (non-hydrogen) atoms. The zero-order valence-corrected chi connectivity index (χ0v) is 15.9. The lowest BCUT2D eigenvalue weighted by Crippen LogP contribution is -2.69. The van der Waals surface area contributed by atoms with Crippen LogP contribution >= 0.6 is 27.5 Å². The Balaban J connectivity index is 2.48. The Kier molecular flexibility index (Phi) is 6.32. The van der Waals surface area contributed by atoms with Crippen LogP contribution in [-0.4, -0.2) is 35.8 Å². The van der Waals surface area contributed by atoms with E-state index in [-0.39, 0.29) is 16.4 Å². The number of alkyl halides is 3. The number of rotatable bonds is 5. The van der Waals surface area contributed by atoms with Crippen molar-refractivity contribution in [1.82, 2.24) is 10.3 Å². The van der Waals surface area contributed by atoms with E-state index in [0.29, 0.717) is 4.47 Å². The number of anilines is 1. The normalized spacial score (nSPS) is 13.4. The van der Waals surface area contributed by atoms with Crippen molar-refractivity contribution in [3.05, 3.63) is 57.7 Å². The largest absolute Gasteiger partial charge is 0.466 e. The monoisotopic (exact) mass is 465 g/mol. The molecule has 2 rings (SSSR count). The van der Waals surface area contributed by atoms with Gasteiger partial charge in [-0.3, -0.25) is 4.79 Å². The number of benzene rings is 1. The molecular weight excluding hydrogens is 455 g/mol. The van der Waals surface area contributed by atoms with Gasteiger partial charge in [0.2, 0.25) is 0 Å². The van der Waals surface area contributed by atoms with Crippen LogP contribution < -0.4 is 10.6 Å². The smallest absolute Gasteiger partial charge is 0.441 e. The van der Waals surface area contributed by atoms with Crippen LogP contribution in [0.1, 0.15) is 10.4 Å². The second kappa shape index (κ2) is 8.13. The van der Waals surface area contributed by atoms with E-state index in [1.54, 1.807) is 5.32 Å². The van der Waals surface area contributed by atoms with Crippen LogP contribution in [0, 0.1) is 0 Å². The lowest BCUT2D eigenvalue weighted by molar-refractivity contribution is -0.203. The highest BCUT2D eigenvalue weighted by Crippen LogP contribution is 2.33. The molecule has 1 heterocycles. The van der Waals surface area contributed by atoms with Crippen LogP contribution in [0.5, 0.6) is 0 Å². The summed E-state index contributed by atoms with van der Waals surface area (Å²) in [6.45, 7) is 0. The van der Waals surface area contributed by atoms with E-state index in [4.69, 9.17) is 11.6 Å². The minimum atomic E-state index is -5.26. The summed E-state index contributed by atoms with van der Waals surface area (Å²) in [5, 5.41) is 3.74. The van der Waals surface area contributed by atoms with Crippen molar-refractivity contribution in [1.29, 1.82) is 0 Å². The van der Waals surface area contributed by atoms with Crippen LogP contribution in [0.2, 0.25) is 5.02 Å². The number of hydrogen-bond acceptors (Lipinski definition) is 5. The minimum absolute atomic E-state index is 0.140. The Labute approximate surface area is 165 Å². The molecule has 0 saturated carbocycles. The van der Waals surface area contributed by atoms with Gasteiger partial charge in [0.05, 0.1) is 7.11 Å². The third-order valence-corrected chi connectivity index (χ3v) is 4.05. The van der Waals surface area contributed by atoms with Crippen molar-refractivity contribution in [2.24, 2.45) is 0 Å². The van der Waals surface area contributed by atoms with Gasteiger partial charge in [-0.15, -0.1) is 0 Å². The number of carbonyl (C=O) groups is 2. The fourth-order valence-corrected chi connectivity index (χ4v) is 2.48. The fourth-order valence-electron chi connectivity index (χ4n) is 2.06. The first-order chi connectivity index (χ1) is 12.6. The number of amides is 1. The summed E-state index contributed by atoms with van der Waals surface area (Å²) in [6, 6.07) is 7.84. The van der Waals surface area contributed by atoms with E-state index in [0.717, 1.165) is 13.2 Å². The molecule has 1 aromatic heterocycles. The van der Waals surface area contributed by atoms with Gasteiger partial charge in [0.15, 0.2) is 0 Å². The van der Waals surface area contributed by atoms with E-state index in [1.807, 2.05) is 5.32 Å². The maximum absolute atomic E-state index is 13.9. The van der Waals surface area contributed by atoms with Crippen molar-refractivity contribution in [2.75, 3.05) is 12.4 Å². The molecule has 1 atom stereocenters. The van der Waals surface area contributed by atoms with E-state index in [1.165, 1.54) is 36.5 Å². The third kappa shape index (κ3) is 4.69. The molecule has 0 aliphatic heterocycles. The van der Waals surface area contributed by atoms with E-state index in [9.17, 15) is 22.8 Å². The Morgan fingerprint density at radius 2 is 1.93 bits per heavy atom. The van der Waals surface area contributed by atoms with Crippen molar-refractivity contribution >= 4 is 45.2 Å². The Morgan fingerprint density at radius 3 is 2.44 bits per heavy atom. The lowest BCUT2D eigenvalue weighted by Gasteiger charge is -2.34. The molecule has 11 heteroatoms. The van der Waals surface area contributed by atoms with Crippen LogP contribution in [0.25, 0.3) is 0 Å². The van der Waals surface area contributed by atoms with Crippen molar-refractivity contribution < 1.29 is 27.5 Å². The summed E-state index contributed by atoms with van der Waals surface area (Å²) < 4.78 is 46.5. The van der Waals surface area contributed by atoms with E-state index >= 15 is 0 Å². The number of esters is 1. The fraction of sp³-hybridized carbons (Fsp3) is 0.188. The molecule has 6 nitrogen and oxygen atoms in total. The highest BCUT2D eigenvalue weighted by molar-refractivity contribution is 9.10. The second-order valence-electron chi connectivity index (χ2n) is 5.19. The number of nitrogens with zero attached hydrogens (tertiary/aromatic N) is 1. The van der Waals surface area contributed by atoms with Crippen molar-refractivity contribution in [3.63, 3.8) is 0 Å². The number of halogens is 5. The second-order valence-corrected chi connectivity index (χ2v) is 6.54. The van der Waals surface area contributed by atoms with Gasteiger partial charge >= 0.3 is 17.8 Å². The number of ether oxygens (including phenoxy) is 1. The average Bonchev–Trinajstić information content (AvgIpc) is 2.61. The summed E-state index contributed by atoms with van der Waals surface area (Å²) in [7, 11) is 0.769. The minimum Gasteiger partial charge on any atom is -0.466 e. The SMILES string of the molecule is COC(=O)C(NC(=O)c1cccc(Cl)c1)(Nc1ccc(Br)cn1)C(F)(F)F. The maximum Gasteiger partial charge on any atom is 0.441 e. The van der Waals surface area contributed by atoms with Gasteiger partial charge in [0.1, 0.15) is 5.82 Å². The number of aromatic nitrogens is 1. The molecule has 1 aromatic carbocycles. The molecule has 2 aromatic rings. The topological polar surface area (TPSA) is 80.3 Å². The van der Waals surface area contributed by atoms with Gasteiger partial charge in [-0.1, -0.05) is 17.7 Å². The predicted octanol–water partition coefficient (Wildman–Crippen LogP) is 3.77. The predicted molar refractivity (Wildman–Crippen MR) is 95.3 cm³/mol. The number of methoxy groups -OCH3 is 1. The van der Waals surface area contributed by atoms with Gasteiger partial charge in [0.25, 0.3) is 5.91 Å². The Hall–Kier alpha value is -2.33. The molecule has 144 valence electrons. The number of pyridine rings is 1. The summed E-state index contributed by atoms with van der Waals surface area (Å²) in [5.41, 5.74) is -3.74. The molecule has 0 bridgehead atoms. The first-order valence-electron chi connectivity index (χ1n) is 7.22. The molecule has 0 radical (unpaired) electrons. The van der Waals surface area contributed by atoms with Gasteiger partial charge in [0, 0.05) is 21.3 Å². The van der Waals surface area contributed by atoms with Crippen LogP contribution in [-0.2, 0) is 9.53 Å². The first-order valence-corrected chi connectivity index (χ1v) is 8.39. The Bertz CT molecular complexity index is 849. The quantitative estimate of drug-likeness (QED) is 0.518. The van der Waals surface area contributed by atoms with Crippen molar-refractivity contribution in [3.8, 4) is 0 Å².